The van der Waals surface area contributed by atoms with Gasteiger partial charge in [-0.1, -0.05) is 19.1 Å². The average molecular weight is 251 g/mol. The third-order valence-corrected chi connectivity index (χ3v) is 2.73. The van der Waals surface area contributed by atoms with Gasteiger partial charge < -0.3 is 15.2 Å². The van der Waals surface area contributed by atoms with Crippen LogP contribution in [-0.4, -0.2) is 31.3 Å². The Morgan fingerprint density at radius 3 is 2.94 bits per heavy atom. The lowest BCUT2D eigenvalue weighted by Gasteiger charge is -2.11. The van der Waals surface area contributed by atoms with E-state index in [4.69, 9.17) is 9.84 Å². The second-order valence-corrected chi connectivity index (χ2v) is 4.46. The van der Waals surface area contributed by atoms with Gasteiger partial charge in [-0.2, -0.15) is 0 Å². The van der Waals surface area contributed by atoms with E-state index < -0.39 is 0 Å². The van der Waals surface area contributed by atoms with Crippen molar-refractivity contribution < 1.29 is 14.6 Å². The summed E-state index contributed by atoms with van der Waals surface area (Å²) in [6.07, 6.45) is 0.698. The molecule has 0 aliphatic carbocycles. The van der Waals surface area contributed by atoms with Crippen molar-refractivity contribution in [2.24, 2.45) is 5.92 Å². The molecule has 0 aromatic heterocycles. The van der Waals surface area contributed by atoms with E-state index in [2.05, 4.69) is 5.32 Å². The maximum Gasteiger partial charge on any atom is 0.251 e. The van der Waals surface area contributed by atoms with E-state index >= 15 is 0 Å². The summed E-state index contributed by atoms with van der Waals surface area (Å²) in [4.78, 5) is 11.9. The Morgan fingerprint density at radius 2 is 2.28 bits per heavy atom. The molecule has 0 saturated carbocycles. The summed E-state index contributed by atoms with van der Waals surface area (Å²) in [5.74, 6) is 0.193. The highest BCUT2D eigenvalue weighted by Crippen LogP contribution is 2.07. The summed E-state index contributed by atoms with van der Waals surface area (Å²) in [5.41, 5.74) is 1.62. The van der Waals surface area contributed by atoms with E-state index in [1.165, 1.54) is 0 Å². The molecule has 4 heteroatoms. The van der Waals surface area contributed by atoms with Gasteiger partial charge in [0, 0.05) is 25.8 Å². The Labute approximate surface area is 108 Å². The Morgan fingerprint density at radius 1 is 1.50 bits per heavy atom. The third kappa shape index (κ3) is 4.85. The van der Waals surface area contributed by atoms with Crippen molar-refractivity contribution in [2.45, 2.75) is 20.0 Å². The zero-order valence-corrected chi connectivity index (χ0v) is 11.0. The molecule has 100 valence electrons. The summed E-state index contributed by atoms with van der Waals surface area (Å²) in [6, 6.07) is 7.38. The number of rotatable bonds is 7. The average Bonchev–Trinajstić information content (AvgIpc) is 2.37. The van der Waals surface area contributed by atoms with Gasteiger partial charge in [0.2, 0.25) is 0 Å². The van der Waals surface area contributed by atoms with Gasteiger partial charge in [-0.3, -0.25) is 4.79 Å². The van der Waals surface area contributed by atoms with Crippen LogP contribution in [0.5, 0.6) is 0 Å². The maximum absolute atomic E-state index is 11.9. The first-order chi connectivity index (χ1) is 8.67. The third-order valence-electron chi connectivity index (χ3n) is 2.73. The van der Waals surface area contributed by atoms with Crippen molar-refractivity contribution in [3.63, 3.8) is 0 Å². The highest BCUT2D eigenvalue weighted by molar-refractivity contribution is 5.94. The van der Waals surface area contributed by atoms with Gasteiger partial charge in [0.1, 0.15) is 0 Å². The van der Waals surface area contributed by atoms with Crippen LogP contribution in [0.3, 0.4) is 0 Å². The summed E-state index contributed by atoms with van der Waals surface area (Å²) in [6.45, 7) is 3.23. The molecule has 0 heterocycles. The van der Waals surface area contributed by atoms with Crippen LogP contribution >= 0.6 is 0 Å². The first kappa shape index (κ1) is 14.7. The highest BCUT2D eigenvalue weighted by atomic mass is 16.5. The first-order valence-electron chi connectivity index (χ1n) is 6.14. The van der Waals surface area contributed by atoms with Gasteiger partial charge >= 0.3 is 0 Å². The van der Waals surface area contributed by atoms with E-state index in [9.17, 15) is 4.79 Å². The number of carbonyl (C=O) groups is 1. The summed E-state index contributed by atoms with van der Waals surface area (Å²) < 4.78 is 5.03. The number of ether oxygens (including phenoxy) is 1. The van der Waals surface area contributed by atoms with E-state index in [0.29, 0.717) is 25.1 Å². The standard InChI is InChI=1S/C14H21NO3/c1-11(6-7-16)9-15-14(17)13-5-3-4-12(8-13)10-18-2/h3-5,8,11,16H,6-7,9-10H2,1-2H3,(H,15,17). The topological polar surface area (TPSA) is 58.6 Å². The SMILES string of the molecule is COCc1cccc(C(=O)NCC(C)CCO)c1. The van der Waals surface area contributed by atoms with E-state index in [1.54, 1.807) is 13.2 Å². The minimum absolute atomic E-state index is 0.0854. The fourth-order valence-corrected chi connectivity index (χ4v) is 1.66. The Balaban J connectivity index is 2.53. The molecule has 0 bridgehead atoms. The van der Waals surface area contributed by atoms with Gasteiger partial charge in [-0.05, 0) is 30.0 Å². The molecule has 1 aromatic rings. The molecule has 0 radical (unpaired) electrons. The van der Waals surface area contributed by atoms with Gasteiger partial charge in [-0.25, -0.2) is 0 Å². The van der Waals surface area contributed by atoms with Crippen molar-refractivity contribution >= 4 is 5.91 Å². The minimum Gasteiger partial charge on any atom is -0.396 e. The summed E-state index contributed by atoms with van der Waals surface area (Å²) in [7, 11) is 1.63. The van der Waals surface area contributed by atoms with Crippen LogP contribution in [-0.2, 0) is 11.3 Å². The van der Waals surface area contributed by atoms with Gasteiger partial charge in [0.05, 0.1) is 6.61 Å². The first-order valence-corrected chi connectivity index (χ1v) is 6.14. The number of aliphatic hydroxyl groups excluding tert-OH is 1. The molecule has 0 saturated heterocycles. The highest BCUT2D eigenvalue weighted by Gasteiger charge is 2.08. The van der Waals surface area contributed by atoms with Crippen LogP contribution in [0.25, 0.3) is 0 Å². The molecule has 18 heavy (non-hydrogen) atoms. The molecule has 0 fully saturated rings. The normalized spacial score (nSPS) is 12.2. The molecule has 4 nitrogen and oxygen atoms in total. The molecule has 0 aliphatic heterocycles. The number of benzene rings is 1. The number of amides is 1. The van der Waals surface area contributed by atoms with E-state index in [0.717, 1.165) is 5.56 Å². The smallest absolute Gasteiger partial charge is 0.251 e. The number of aliphatic hydroxyl groups is 1. The predicted molar refractivity (Wildman–Crippen MR) is 70.4 cm³/mol. The summed E-state index contributed by atoms with van der Waals surface area (Å²) in [5, 5.41) is 11.6. The van der Waals surface area contributed by atoms with Gasteiger partial charge in [0.25, 0.3) is 5.91 Å². The largest absolute Gasteiger partial charge is 0.396 e. The molecule has 1 atom stereocenters. The Bertz CT molecular complexity index is 379. The zero-order valence-electron chi connectivity index (χ0n) is 11.0. The number of methoxy groups -OCH3 is 1. The molecule has 0 spiro atoms. The van der Waals surface area contributed by atoms with Gasteiger partial charge in [0.15, 0.2) is 0 Å². The van der Waals surface area contributed by atoms with Crippen molar-refractivity contribution in [3.05, 3.63) is 35.4 Å². The minimum atomic E-state index is -0.0854. The van der Waals surface area contributed by atoms with Gasteiger partial charge in [-0.15, -0.1) is 0 Å². The van der Waals surface area contributed by atoms with Crippen molar-refractivity contribution in [1.29, 1.82) is 0 Å². The Hall–Kier alpha value is -1.39. The molecular weight excluding hydrogens is 230 g/mol. The lowest BCUT2D eigenvalue weighted by atomic mass is 10.1. The second-order valence-electron chi connectivity index (χ2n) is 4.46. The van der Waals surface area contributed by atoms with Crippen LogP contribution in [0.15, 0.2) is 24.3 Å². The fourth-order valence-electron chi connectivity index (χ4n) is 1.66. The number of carbonyl (C=O) groups excluding carboxylic acids is 1. The number of nitrogens with one attached hydrogen (secondary N) is 1. The molecule has 1 rings (SSSR count). The van der Waals surface area contributed by atoms with Crippen LogP contribution in [0.2, 0.25) is 0 Å². The van der Waals surface area contributed by atoms with Crippen LogP contribution in [0, 0.1) is 5.92 Å². The monoisotopic (exact) mass is 251 g/mol. The van der Waals surface area contributed by atoms with Crippen molar-refractivity contribution in [1.82, 2.24) is 5.32 Å². The molecule has 2 N–H and O–H groups in total. The van der Waals surface area contributed by atoms with Crippen LogP contribution in [0.1, 0.15) is 29.3 Å². The molecule has 0 aliphatic rings. The van der Waals surface area contributed by atoms with Crippen molar-refractivity contribution in [2.75, 3.05) is 20.3 Å². The van der Waals surface area contributed by atoms with Crippen LogP contribution in [0.4, 0.5) is 0 Å². The molecular formula is C14H21NO3. The van der Waals surface area contributed by atoms with E-state index in [1.807, 2.05) is 25.1 Å². The Kier molecular flexibility index (Phi) is 6.39. The summed E-state index contributed by atoms with van der Waals surface area (Å²) >= 11 is 0. The van der Waals surface area contributed by atoms with E-state index in [-0.39, 0.29) is 18.4 Å². The fraction of sp³-hybridized carbons (Fsp3) is 0.500. The predicted octanol–water partition coefficient (Wildman–Crippen LogP) is 1.58. The second kappa shape index (κ2) is 7.84. The number of hydrogen-bond acceptors (Lipinski definition) is 3. The molecule has 1 aromatic carbocycles. The number of hydrogen-bond donors (Lipinski definition) is 2. The quantitative estimate of drug-likeness (QED) is 0.773. The zero-order chi connectivity index (χ0) is 13.4. The van der Waals surface area contributed by atoms with Crippen LogP contribution < -0.4 is 5.32 Å². The molecule has 1 unspecified atom stereocenters. The lowest BCUT2D eigenvalue weighted by molar-refractivity contribution is 0.0945. The maximum atomic E-state index is 11.9. The lowest BCUT2D eigenvalue weighted by Crippen LogP contribution is -2.28. The van der Waals surface area contributed by atoms with Crippen molar-refractivity contribution in [3.8, 4) is 0 Å². The molecule has 1 amide bonds.